The molecule has 15 heavy (non-hydrogen) atoms. The van der Waals surface area contributed by atoms with Crippen LogP contribution in [0.4, 0.5) is 0 Å². The van der Waals surface area contributed by atoms with Gasteiger partial charge in [-0.2, -0.15) is 0 Å². The fourth-order valence-corrected chi connectivity index (χ4v) is 1.39. The standard InChI is InChI=1S/C10H20N2O3/c1-4-7(2)5-9(6-10(14)15)12(11)8(3)13/h7,9H,4-6,11H2,1-3H3,(H,14,15). The zero-order valence-electron chi connectivity index (χ0n) is 9.56. The zero-order valence-corrected chi connectivity index (χ0v) is 9.56. The van der Waals surface area contributed by atoms with Crippen molar-refractivity contribution in [1.82, 2.24) is 5.01 Å². The Bertz CT molecular complexity index is 231. The molecule has 0 aromatic carbocycles. The fraction of sp³-hybridized carbons (Fsp3) is 0.800. The highest BCUT2D eigenvalue weighted by atomic mass is 16.4. The summed E-state index contributed by atoms with van der Waals surface area (Å²) in [6.07, 6.45) is 1.47. The number of carboxylic acids is 1. The molecule has 5 nitrogen and oxygen atoms in total. The summed E-state index contributed by atoms with van der Waals surface area (Å²) in [5.41, 5.74) is 0. The van der Waals surface area contributed by atoms with Crippen molar-refractivity contribution in [3.8, 4) is 0 Å². The zero-order chi connectivity index (χ0) is 12.0. The molecule has 0 spiro atoms. The molecule has 88 valence electrons. The van der Waals surface area contributed by atoms with Crippen LogP contribution in [0.3, 0.4) is 0 Å². The Morgan fingerprint density at radius 1 is 1.47 bits per heavy atom. The lowest BCUT2D eigenvalue weighted by Gasteiger charge is -2.27. The summed E-state index contributed by atoms with van der Waals surface area (Å²) in [5.74, 6) is 4.66. The van der Waals surface area contributed by atoms with E-state index in [-0.39, 0.29) is 12.3 Å². The van der Waals surface area contributed by atoms with E-state index in [1.807, 2.05) is 13.8 Å². The van der Waals surface area contributed by atoms with E-state index in [1.165, 1.54) is 6.92 Å². The Balaban J connectivity index is 4.42. The van der Waals surface area contributed by atoms with Gasteiger partial charge in [-0.05, 0) is 12.3 Å². The van der Waals surface area contributed by atoms with Gasteiger partial charge in [0.1, 0.15) is 0 Å². The first-order chi connectivity index (χ1) is 6.88. The van der Waals surface area contributed by atoms with Crippen LogP contribution in [0.1, 0.15) is 40.0 Å². The average Bonchev–Trinajstić information content (AvgIpc) is 2.14. The number of nitrogens with zero attached hydrogens (tertiary/aromatic N) is 1. The first-order valence-corrected chi connectivity index (χ1v) is 5.14. The molecule has 0 fully saturated rings. The Kier molecular flexibility index (Phi) is 5.93. The van der Waals surface area contributed by atoms with Gasteiger partial charge < -0.3 is 5.11 Å². The first-order valence-electron chi connectivity index (χ1n) is 5.14. The second kappa shape index (κ2) is 6.40. The van der Waals surface area contributed by atoms with Crippen molar-refractivity contribution in [3.05, 3.63) is 0 Å². The molecular weight excluding hydrogens is 196 g/mol. The van der Waals surface area contributed by atoms with Crippen molar-refractivity contribution in [3.63, 3.8) is 0 Å². The minimum Gasteiger partial charge on any atom is -0.481 e. The van der Waals surface area contributed by atoms with E-state index in [4.69, 9.17) is 10.9 Å². The van der Waals surface area contributed by atoms with Gasteiger partial charge in [0.05, 0.1) is 12.5 Å². The predicted octanol–water partition coefficient (Wildman–Crippen LogP) is 0.988. The van der Waals surface area contributed by atoms with Gasteiger partial charge in [0.2, 0.25) is 5.91 Å². The SMILES string of the molecule is CCC(C)CC(CC(=O)O)N(N)C(C)=O. The maximum Gasteiger partial charge on any atom is 0.305 e. The van der Waals surface area contributed by atoms with Crippen molar-refractivity contribution in [1.29, 1.82) is 0 Å². The fourth-order valence-electron chi connectivity index (χ4n) is 1.39. The van der Waals surface area contributed by atoms with Gasteiger partial charge in [0.25, 0.3) is 0 Å². The molecule has 0 rings (SSSR count). The van der Waals surface area contributed by atoms with Crippen LogP contribution in [0.25, 0.3) is 0 Å². The molecule has 1 amide bonds. The molecule has 0 aliphatic rings. The first kappa shape index (κ1) is 13.9. The average molecular weight is 216 g/mol. The van der Waals surface area contributed by atoms with Crippen LogP contribution in [-0.2, 0) is 9.59 Å². The third-order valence-corrected chi connectivity index (χ3v) is 2.54. The number of nitrogens with two attached hydrogens (primary N) is 1. The number of hydrazine groups is 1. The summed E-state index contributed by atoms with van der Waals surface area (Å²) >= 11 is 0. The van der Waals surface area contributed by atoms with E-state index in [0.717, 1.165) is 11.4 Å². The van der Waals surface area contributed by atoms with Gasteiger partial charge in [0, 0.05) is 6.92 Å². The summed E-state index contributed by atoms with van der Waals surface area (Å²) in [4.78, 5) is 21.7. The summed E-state index contributed by atoms with van der Waals surface area (Å²) in [5, 5.41) is 9.73. The predicted molar refractivity (Wildman–Crippen MR) is 56.8 cm³/mol. The maximum atomic E-state index is 11.0. The van der Waals surface area contributed by atoms with Crippen LogP contribution in [0.15, 0.2) is 0 Å². The van der Waals surface area contributed by atoms with E-state index >= 15 is 0 Å². The van der Waals surface area contributed by atoms with Crippen LogP contribution in [-0.4, -0.2) is 28.0 Å². The molecule has 0 aromatic rings. The van der Waals surface area contributed by atoms with Crippen LogP contribution in [0, 0.1) is 5.92 Å². The molecule has 0 saturated heterocycles. The minimum atomic E-state index is -0.931. The molecule has 0 heterocycles. The largest absolute Gasteiger partial charge is 0.481 e. The molecule has 0 bridgehead atoms. The second-order valence-electron chi connectivity index (χ2n) is 3.93. The number of aliphatic carboxylic acids is 1. The van der Waals surface area contributed by atoms with Gasteiger partial charge in [0.15, 0.2) is 0 Å². The van der Waals surface area contributed by atoms with Crippen molar-refractivity contribution in [2.24, 2.45) is 11.8 Å². The van der Waals surface area contributed by atoms with Gasteiger partial charge in [-0.25, -0.2) is 5.84 Å². The highest BCUT2D eigenvalue weighted by Crippen LogP contribution is 2.15. The van der Waals surface area contributed by atoms with E-state index in [0.29, 0.717) is 12.3 Å². The van der Waals surface area contributed by atoms with Crippen LogP contribution in [0.5, 0.6) is 0 Å². The van der Waals surface area contributed by atoms with Gasteiger partial charge in [-0.1, -0.05) is 20.3 Å². The minimum absolute atomic E-state index is 0.0968. The van der Waals surface area contributed by atoms with Gasteiger partial charge in [-0.3, -0.25) is 14.6 Å². The number of rotatable bonds is 6. The third kappa shape index (κ3) is 5.37. The number of hydrogen-bond donors (Lipinski definition) is 2. The van der Waals surface area contributed by atoms with Crippen LogP contribution in [0.2, 0.25) is 0 Å². The highest BCUT2D eigenvalue weighted by Gasteiger charge is 2.22. The molecule has 0 aromatic heterocycles. The summed E-state index contributed by atoms with van der Waals surface area (Å²) in [7, 11) is 0. The normalized spacial score (nSPS) is 14.4. The molecule has 0 aliphatic carbocycles. The smallest absolute Gasteiger partial charge is 0.305 e. The van der Waals surface area contributed by atoms with Crippen molar-refractivity contribution in [2.45, 2.75) is 46.1 Å². The monoisotopic (exact) mass is 216 g/mol. The molecule has 0 aliphatic heterocycles. The Labute approximate surface area is 90.2 Å². The van der Waals surface area contributed by atoms with Crippen molar-refractivity contribution < 1.29 is 14.7 Å². The lowest BCUT2D eigenvalue weighted by molar-refractivity contribution is -0.140. The molecule has 0 saturated carbocycles. The molecule has 2 atom stereocenters. The number of carbonyl (C=O) groups is 2. The third-order valence-electron chi connectivity index (χ3n) is 2.54. The van der Waals surface area contributed by atoms with Crippen molar-refractivity contribution >= 4 is 11.9 Å². The molecule has 3 N–H and O–H groups in total. The summed E-state index contributed by atoms with van der Waals surface area (Å²) in [6, 6.07) is -0.407. The Morgan fingerprint density at radius 2 is 2.00 bits per heavy atom. The number of amides is 1. The summed E-state index contributed by atoms with van der Waals surface area (Å²) in [6.45, 7) is 5.38. The van der Waals surface area contributed by atoms with Crippen LogP contribution >= 0.6 is 0 Å². The lowest BCUT2D eigenvalue weighted by atomic mass is 9.97. The molecule has 2 unspecified atom stereocenters. The molecule has 5 heteroatoms. The number of carbonyl (C=O) groups excluding carboxylic acids is 1. The topological polar surface area (TPSA) is 83.6 Å². The van der Waals surface area contributed by atoms with Gasteiger partial charge in [-0.15, -0.1) is 0 Å². The quantitative estimate of drug-likeness (QED) is 0.394. The number of carboxylic acid groups (broad SMARTS) is 1. The van der Waals surface area contributed by atoms with Crippen LogP contribution < -0.4 is 5.84 Å². The second-order valence-corrected chi connectivity index (χ2v) is 3.93. The molecule has 0 radical (unpaired) electrons. The van der Waals surface area contributed by atoms with Crippen molar-refractivity contribution in [2.75, 3.05) is 0 Å². The Hall–Kier alpha value is -1.10. The maximum absolute atomic E-state index is 11.0. The van der Waals surface area contributed by atoms with E-state index < -0.39 is 12.0 Å². The Morgan fingerprint density at radius 3 is 2.33 bits per heavy atom. The number of hydrogen-bond acceptors (Lipinski definition) is 3. The highest BCUT2D eigenvalue weighted by molar-refractivity contribution is 5.74. The van der Waals surface area contributed by atoms with E-state index in [1.54, 1.807) is 0 Å². The van der Waals surface area contributed by atoms with E-state index in [2.05, 4.69) is 0 Å². The molecular formula is C10H20N2O3. The summed E-state index contributed by atoms with van der Waals surface area (Å²) < 4.78 is 0. The van der Waals surface area contributed by atoms with Gasteiger partial charge >= 0.3 is 5.97 Å². The lowest BCUT2D eigenvalue weighted by Crippen LogP contribution is -2.46. The van der Waals surface area contributed by atoms with E-state index in [9.17, 15) is 9.59 Å².